The van der Waals surface area contributed by atoms with E-state index in [1.807, 2.05) is 18.2 Å². The molecule has 1 saturated heterocycles. The second kappa shape index (κ2) is 6.40. The van der Waals surface area contributed by atoms with Crippen molar-refractivity contribution >= 4 is 21.6 Å². The third-order valence-electron chi connectivity index (χ3n) is 3.72. The van der Waals surface area contributed by atoms with Crippen molar-refractivity contribution in [3.63, 3.8) is 0 Å². The highest BCUT2D eigenvalue weighted by atomic mass is 79.9. The zero-order chi connectivity index (χ0) is 13.8. The lowest BCUT2D eigenvalue weighted by molar-refractivity contribution is 0.177. The molecule has 1 heterocycles. The summed E-state index contributed by atoms with van der Waals surface area (Å²) in [6.07, 6.45) is 2.27. The molecule has 0 aromatic heterocycles. The number of benzene rings is 1. The molecule has 1 aromatic carbocycles. The first-order valence-electron chi connectivity index (χ1n) is 6.80. The summed E-state index contributed by atoms with van der Waals surface area (Å²) in [4.78, 5) is 2.50. The zero-order valence-electron chi connectivity index (χ0n) is 11.5. The summed E-state index contributed by atoms with van der Waals surface area (Å²) < 4.78 is 1.01. The Morgan fingerprint density at radius 1 is 1.37 bits per heavy atom. The van der Waals surface area contributed by atoms with Gasteiger partial charge < -0.3 is 10.2 Å². The Hall–Kier alpha value is -1.05. The van der Waals surface area contributed by atoms with Crippen LogP contribution in [-0.2, 0) is 0 Å². The van der Waals surface area contributed by atoms with Gasteiger partial charge in [0.2, 0.25) is 0 Å². The molecule has 1 aliphatic heterocycles. The number of hydrogen-bond donors (Lipinski definition) is 1. The Morgan fingerprint density at radius 3 is 2.63 bits per heavy atom. The Morgan fingerprint density at radius 2 is 2.05 bits per heavy atom. The van der Waals surface area contributed by atoms with Gasteiger partial charge in [-0.1, -0.05) is 15.9 Å². The van der Waals surface area contributed by atoms with Gasteiger partial charge in [0.05, 0.1) is 11.3 Å². The van der Waals surface area contributed by atoms with E-state index in [0.717, 1.165) is 41.7 Å². The third-order valence-corrected chi connectivity index (χ3v) is 4.21. The van der Waals surface area contributed by atoms with Crippen LogP contribution in [0.25, 0.3) is 0 Å². The van der Waals surface area contributed by atoms with E-state index in [4.69, 9.17) is 5.26 Å². The molecular formula is C15H20BrN3. The number of likely N-dealkylation sites (tertiary alicyclic amines) is 1. The molecule has 1 aliphatic rings. The van der Waals surface area contributed by atoms with Crippen LogP contribution in [-0.4, -0.2) is 30.1 Å². The monoisotopic (exact) mass is 321 g/mol. The van der Waals surface area contributed by atoms with Crippen molar-refractivity contribution < 1.29 is 0 Å². The molecule has 0 saturated carbocycles. The summed E-state index contributed by atoms with van der Waals surface area (Å²) in [6, 6.07) is 9.10. The van der Waals surface area contributed by atoms with Gasteiger partial charge in [-0.2, -0.15) is 5.26 Å². The van der Waals surface area contributed by atoms with E-state index >= 15 is 0 Å². The number of nitrogens with zero attached hydrogens (tertiary/aromatic N) is 2. The SMILES string of the molecule is CC(C)N1CCC(Nc2cc(Br)ccc2C#N)CC1. The number of hydrogen-bond acceptors (Lipinski definition) is 3. The lowest BCUT2D eigenvalue weighted by Gasteiger charge is -2.35. The lowest BCUT2D eigenvalue weighted by atomic mass is 10.0. The summed E-state index contributed by atoms with van der Waals surface area (Å²) >= 11 is 3.46. The van der Waals surface area contributed by atoms with Crippen LogP contribution >= 0.6 is 15.9 Å². The normalized spacial score (nSPS) is 17.4. The number of piperidine rings is 1. The molecule has 2 rings (SSSR count). The average Bonchev–Trinajstić information content (AvgIpc) is 2.39. The minimum atomic E-state index is 0.469. The van der Waals surface area contributed by atoms with Gasteiger partial charge in [0.1, 0.15) is 6.07 Å². The molecule has 19 heavy (non-hydrogen) atoms. The molecule has 0 unspecified atom stereocenters. The Kier molecular flexibility index (Phi) is 4.84. The molecule has 4 heteroatoms. The van der Waals surface area contributed by atoms with Gasteiger partial charge in [-0.25, -0.2) is 0 Å². The number of anilines is 1. The quantitative estimate of drug-likeness (QED) is 0.924. The van der Waals surface area contributed by atoms with Crippen LogP contribution in [0.3, 0.4) is 0 Å². The fraction of sp³-hybridized carbons (Fsp3) is 0.533. The zero-order valence-corrected chi connectivity index (χ0v) is 13.1. The predicted molar refractivity (Wildman–Crippen MR) is 82.2 cm³/mol. The summed E-state index contributed by atoms with van der Waals surface area (Å²) in [7, 11) is 0. The second-order valence-electron chi connectivity index (χ2n) is 5.35. The van der Waals surface area contributed by atoms with Crippen molar-refractivity contribution in [3.05, 3.63) is 28.2 Å². The molecule has 102 valence electrons. The van der Waals surface area contributed by atoms with E-state index < -0.39 is 0 Å². The van der Waals surface area contributed by atoms with Crippen molar-refractivity contribution in [2.45, 2.75) is 38.8 Å². The lowest BCUT2D eigenvalue weighted by Crippen LogP contribution is -2.42. The number of halogens is 1. The Labute approximate surface area is 123 Å². The van der Waals surface area contributed by atoms with Crippen molar-refractivity contribution in [2.24, 2.45) is 0 Å². The van der Waals surface area contributed by atoms with Crippen molar-refractivity contribution in [2.75, 3.05) is 18.4 Å². The predicted octanol–water partition coefficient (Wildman–Crippen LogP) is 3.61. The molecule has 0 amide bonds. The number of nitriles is 1. The first-order chi connectivity index (χ1) is 9.10. The van der Waals surface area contributed by atoms with Gasteiger partial charge in [0.25, 0.3) is 0 Å². The van der Waals surface area contributed by atoms with Crippen LogP contribution in [0.1, 0.15) is 32.3 Å². The number of rotatable bonds is 3. The van der Waals surface area contributed by atoms with Crippen LogP contribution in [0.15, 0.2) is 22.7 Å². The summed E-state index contributed by atoms with van der Waals surface area (Å²) in [5.41, 5.74) is 1.66. The first-order valence-corrected chi connectivity index (χ1v) is 7.59. The third kappa shape index (κ3) is 3.71. The first kappa shape index (κ1) is 14.4. The smallest absolute Gasteiger partial charge is 0.101 e. The molecule has 0 atom stereocenters. The molecule has 0 aliphatic carbocycles. The standard InChI is InChI=1S/C15H20BrN3/c1-11(2)19-7-5-14(6-8-19)18-15-9-13(16)4-3-12(15)10-17/h3-4,9,11,14,18H,5-8H2,1-2H3. The maximum atomic E-state index is 9.14. The van der Waals surface area contributed by atoms with Crippen LogP contribution in [0.5, 0.6) is 0 Å². The maximum absolute atomic E-state index is 9.14. The fourth-order valence-corrected chi connectivity index (χ4v) is 2.87. The van der Waals surface area contributed by atoms with E-state index in [2.05, 4.69) is 46.1 Å². The van der Waals surface area contributed by atoms with Crippen LogP contribution in [0, 0.1) is 11.3 Å². The van der Waals surface area contributed by atoms with Gasteiger partial charge in [0.15, 0.2) is 0 Å². The molecular weight excluding hydrogens is 302 g/mol. The summed E-state index contributed by atoms with van der Waals surface area (Å²) in [5, 5.41) is 12.7. The molecule has 0 spiro atoms. The Bertz CT molecular complexity index is 471. The topological polar surface area (TPSA) is 39.1 Å². The van der Waals surface area contributed by atoms with Gasteiger partial charge in [0, 0.05) is 29.6 Å². The van der Waals surface area contributed by atoms with Gasteiger partial charge in [-0.3, -0.25) is 0 Å². The summed E-state index contributed by atoms with van der Waals surface area (Å²) in [6.45, 7) is 6.75. The van der Waals surface area contributed by atoms with E-state index in [0.29, 0.717) is 12.1 Å². The number of nitrogens with one attached hydrogen (secondary N) is 1. The van der Waals surface area contributed by atoms with E-state index in [1.54, 1.807) is 0 Å². The molecule has 1 N–H and O–H groups in total. The second-order valence-corrected chi connectivity index (χ2v) is 6.27. The van der Waals surface area contributed by atoms with Crippen LogP contribution in [0.2, 0.25) is 0 Å². The molecule has 0 radical (unpaired) electrons. The highest BCUT2D eigenvalue weighted by molar-refractivity contribution is 9.10. The van der Waals surface area contributed by atoms with E-state index in [1.165, 1.54) is 0 Å². The summed E-state index contributed by atoms with van der Waals surface area (Å²) in [5.74, 6) is 0. The highest BCUT2D eigenvalue weighted by Crippen LogP contribution is 2.24. The van der Waals surface area contributed by atoms with Crippen LogP contribution in [0.4, 0.5) is 5.69 Å². The van der Waals surface area contributed by atoms with E-state index in [9.17, 15) is 0 Å². The average molecular weight is 322 g/mol. The molecule has 3 nitrogen and oxygen atoms in total. The largest absolute Gasteiger partial charge is 0.381 e. The minimum Gasteiger partial charge on any atom is -0.381 e. The van der Waals surface area contributed by atoms with Crippen molar-refractivity contribution in [1.82, 2.24) is 4.90 Å². The van der Waals surface area contributed by atoms with Crippen LogP contribution < -0.4 is 5.32 Å². The van der Waals surface area contributed by atoms with Gasteiger partial charge in [-0.05, 0) is 44.9 Å². The fourth-order valence-electron chi connectivity index (χ4n) is 2.51. The van der Waals surface area contributed by atoms with Crippen molar-refractivity contribution in [3.8, 4) is 6.07 Å². The maximum Gasteiger partial charge on any atom is 0.101 e. The van der Waals surface area contributed by atoms with Gasteiger partial charge in [-0.15, -0.1) is 0 Å². The van der Waals surface area contributed by atoms with E-state index in [-0.39, 0.29) is 0 Å². The molecule has 0 bridgehead atoms. The van der Waals surface area contributed by atoms with Crippen molar-refractivity contribution in [1.29, 1.82) is 5.26 Å². The minimum absolute atomic E-state index is 0.469. The molecule has 1 fully saturated rings. The molecule has 1 aromatic rings. The highest BCUT2D eigenvalue weighted by Gasteiger charge is 2.21. The van der Waals surface area contributed by atoms with Gasteiger partial charge >= 0.3 is 0 Å². The Balaban J connectivity index is 2.00.